The molecule has 0 amide bonds. The molecular weight excluding hydrogens is 569 g/mol. The first-order chi connectivity index (χ1) is 19.6. The van der Waals surface area contributed by atoms with Gasteiger partial charge in [-0.1, -0.05) is 35.9 Å². The van der Waals surface area contributed by atoms with Gasteiger partial charge in [0.2, 0.25) is 10.0 Å². The summed E-state index contributed by atoms with van der Waals surface area (Å²) in [4.78, 5) is 13.7. The fourth-order valence-electron chi connectivity index (χ4n) is 6.39. The summed E-state index contributed by atoms with van der Waals surface area (Å²) in [6.07, 6.45) is 3.46. The third-order valence-electron chi connectivity index (χ3n) is 8.32. The Morgan fingerprint density at radius 3 is 2.51 bits per heavy atom. The van der Waals surface area contributed by atoms with E-state index in [-0.39, 0.29) is 49.2 Å². The molecule has 41 heavy (non-hydrogen) atoms. The van der Waals surface area contributed by atoms with E-state index >= 15 is 4.39 Å². The maximum Gasteiger partial charge on any atom is 0.211 e. The van der Waals surface area contributed by atoms with Crippen LogP contribution in [0.15, 0.2) is 42.5 Å². The zero-order chi connectivity index (χ0) is 29.6. The Morgan fingerprint density at radius 1 is 1.17 bits per heavy atom. The normalized spacial score (nSPS) is 22.4. The monoisotopic (exact) mass is 609 g/mol. The van der Waals surface area contributed by atoms with Gasteiger partial charge < -0.3 is 20.5 Å². The number of carbonyl (C=O) groups is 1. The van der Waals surface area contributed by atoms with Crippen molar-refractivity contribution < 1.29 is 27.1 Å². The van der Waals surface area contributed by atoms with Crippen LogP contribution in [-0.4, -0.2) is 82.9 Å². The Morgan fingerprint density at radius 2 is 1.85 bits per heavy atom. The van der Waals surface area contributed by atoms with E-state index in [0.29, 0.717) is 48.9 Å². The van der Waals surface area contributed by atoms with Crippen LogP contribution in [-0.2, 0) is 37.1 Å². The van der Waals surface area contributed by atoms with E-state index in [4.69, 9.17) is 26.8 Å². The van der Waals surface area contributed by atoms with Gasteiger partial charge in [0.1, 0.15) is 5.82 Å². The van der Waals surface area contributed by atoms with Crippen molar-refractivity contribution in [2.24, 2.45) is 11.7 Å². The summed E-state index contributed by atoms with van der Waals surface area (Å²) >= 11 is 6.13. The van der Waals surface area contributed by atoms with Gasteiger partial charge in [0.05, 0.1) is 24.9 Å². The number of piperazine rings is 1. The molecule has 4 atom stereocenters. The summed E-state index contributed by atoms with van der Waals surface area (Å²) in [5, 5.41) is 3.89. The highest BCUT2D eigenvalue weighted by atomic mass is 35.5. The number of ketones is 1. The first-order valence-electron chi connectivity index (χ1n) is 14.2. The molecule has 2 aliphatic rings. The average Bonchev–Trinajstić information content (AvgIpc) is 2.94. The molecule has 2 heterocycles. The minimum absolute atomic E-state index is 0.00736. The van der Waals surface area contributed by atoms with Gasteiger partial charge >= 0.3 is 0 Å². The highest BCUT2D eigenvalue weighted by Crippen LogP contribution is 2.35. The largest absolute Gasteiger partial charge is 0.383 e. The standard InChI is InChI=1S/C30H41ClFN3O5S/c1-39-19-25-18-34-17-24(35(25)41(2,37)38)10-11-26-22(4-3-5-27(26)32)16-28(36)30(33)29(21-12-14-40-15-13-21)20-6-8-23(31)9-7-20/h3-9,21,24-25,29-30,34H,10-19,33H2,1-2H3/t24-,25?,29-,30+/m0/s1. The van der Waals surface area contributed by atoms with Crippen LogP contribution in [0, 0.1) is 11.7 Å². The second-order valence-electron chi connectivity index (χ2n) is 11.1. The van der Waals surface area contributed by atoms with Crippen LogP contribution in [0.25, 0.3) is 0 Å². The molecule has 0 radical (unpaired) electrons. The molecule has 0 aromatic heterocycles. The Labute approximate surface area is 247 Å². The fraction of sp³-hybridized carbons (Fsp3) is 0.567. The number of hydrogen-bond acceptors (Lipinski definition) is 7. The van der Waals surface area contributed by atoms with Crippen molar-refractivity contribution in [1.29, 1.82) is 0 Å². The van der Waals surface area contributed by atoms with Crippen molar-refractivity contribution in [3.05, 3.63) is 70.0 Å². The third kappa shape index (κ3) is 8.13. The topological polar surface area (TPSA) is 111 Å². The Bertz CT molecular complexity index is 1270. The Hall–Kier alpha value is -1.92. The minimum Gasteiger partial charge on any atom is -0.383 e. The van der Waals surface area contributed by atoms with Gasteiger partial charge in [-0.3, -0.25) is 4.79 Å². The van der Waals surface area contributed by atoms with E-state index in [1.54, 1.807) is 12.1 Å². The zero-order valence-electron chi connectivity index (χ0n) is 23.7. The number of Topliss-reactive ketones (excluding diaryl/α,β-unsaturated/α-hetero) is 1. The number of nitrogens with two attached hydrogens (primary N) is 1. The molecule has 8 nitrogen and oxygen atoms in total. The average molecular weight is 610 g/mol. The highest BCUT2D eigenvalue weighted by molar-refractivity contribution is 7.88. The summed E-state index contributed by atoms with van der Waals surface area (Å²) in [5.74, 6) is -0.613. The number of nitrogens with zero attached hydrogens (tertiary/aromatic N) is 1. The van der Waals surface area contributed by atoms with Gasteiger partial charge in [0.25, 0.3) is 0 Å². The van der Waals surface area contributed by atoms with Gasteiger partial charge in [-0.15, -0.1) is 0 Å². The van der Waals surface area contributed by atoms with E-state index in [0.717, 1.165) is 18.4 Å². The van der Waals surface area contributed by atoms with Crippen molar-refractivity contribution >= 4 is 27.4 Å². The van der Waals surface area contributed by atoms with E-state index in [9.17, 15) is 13.2 Å². The molecule has 2 aliphatic heterocycles. The molecular formula is C30H41ClFN3O5S. The van der Waals surface area contributed by atoms with Gasteiger partial charge in [0.15, 0.2) is 5.78 Å². The van der Waals surface area contributed by atoms with Crippen molar-refractivity contribution in [2.45, 2.75) is 56.1 Å². The minimum atomic E-state index is -3.52. The molecule has 1 unspecified atom stereocenters. The van der Waals surface area contributed by atoms with Crippen LogP contribution in [0.4, 0.5) is 4.39 Å². The molecule has 2 saturated heterocycles. The van der Waals surface area contributed by atoms with E-state index in [1.807, 2.05) is 24.3 Å². The predicted octanol–water partition coefficient (Wildman–Crippen LogP) is 3.31. The molecule has 3 N–H and O–H groups in total. The van der Waals surface area contributed by atoms with Crippen LogP contribution in [0.5, 0.6) is 0 Å². The van der Waals surface area contributed by atoms with E-state index in [1.165, 1.54) is 23.7 Å². The second-order valence-corrected chi connectivity index (χ2v) is 13.5. The molecule has 0 aliphatic carbocycles. The molecule has 4 rings (SSSR count). The van der Waals surface area contributed by atoms with Crippen LogP contribution in [0.2, 0.25) is 5.02 Å². The first kappa shape index (κ1) is 32.0. The van der Waals surface area contributed by atoms with Crippen LogP contribution < -0.4 is 11.1 Å². The number of benzene rings is 2. The smallest absolute Gasteiger partial charge is 0.211 e. The van der Waals surface area contributed by atoms with Gasteiger partial charge in [-0.25, -0.2) is 12.8 Å². The highest BCUT2D eigenvalue weighted by Gasteiger charge is 2.37. The molecule has 0 saturated carbocycles. The number of methoxy groups -OCH3 is 1. The number of sulfonamides is 1. The molecule has 11 heteroatoms. The lowest BCUT2D eigenvalue weighted by molar-refractivity contribution is -0.120. The lowest BCUT2D eigenvalue weighted by Crippen LogP contribution is -2.60. The number of rotatable bonds is 12. The quantitative estimate of drug-likeness (QED) is 0.380. The maximum absolute atomic E-state index is 15.2. The summed E-state index contributed by atoms with van der Waals surface area (Å²) in [5.41, 5.74) is 8.64. The molecule has 2 fully saturated rings. The number of nitrogens with one attached hydrogen (secondary N) is 1. The molecule has 2 aromatic rings. The number of halogens is 2. The van der Waals surface area contributed by atoms with Crippen molar-refractivity contribution in [3.63, 3.8) is 0 Å². The van der Waals surface area contributed by atoms with Crippen LogP contribution >= 0.6 is 11.6 Å². The number of ether oxygens (including phenoxy) is 2. The summed E-state index contributed by atoms with van der Waals surface area (Å²) in [6.45, 7) is 2.44. The lowest BCUT2D eigenvalue weighted by atomic mass is 9.75. The van der Waals surface area contributed by atoms with Gasteiger partial charge in [-0.05, 0) is 66.5 Å². The van der Waals surface area contributed by atoms with Crippen LogP contribution in [0.1, 0.15) is 41.9 Å². The predicted molar refractivity (Wildman–Crippen MR) is 158 cm³/mol. The van der Waals surface area contributed by atoms with Gasteiger partial charge in [-0.2, -0.15) is 4.31 Å². The van der Waals surface area contributed by atoms with Gasteiger partial charge in [0, 0.05) is 56.8 Å². The number of carbonyl (C=O) groups excluding carboxylic acids is 1. The lowest BCUT2D eigenvalue weighted by Gasteiger charge is -2.40. The summed E-state index contributed by atoms with van der Waals surface area (Å²) < 4.78 is 52.8. The van der Waals surface area contributed by atoms with Crippen molar-refractivity contribution in [2.75, 3.05) is 46.3 Å². The fourth-order valence-corrected chi connectivity index (χ4v) is 7.91. The summed E-state index contributed by atoms with van der Waals surface area (Å²) in [6, 6.07) is 10.7. The van der Waals surface area contributed by atoms with E-state index < -0.39 is 21.9 Å². The van der Waals surface area contributed by atoms with Crippen molar-refractivity contribution in [1.82, 2.24) is 9.62 Å². The molecule has 0 bridgehead atoms. The zero-order valence-corrected chi connectivity index (χ0v) is 25.3. The SMILES string of the molecule is COCC1CNC[C@H](CCc2c(F)cccc2CC(=O)[C@@H](N)[C@@H](c2ccc(Cl)cc2)C2CCOCC2)N1S(C)(=O)=O. The van der Waals surface area contributed by atoms with Crippen molar-refractivity contribution in [3.8, 4) is 0 Å². The summed E-state index contributed by atoms with van der Waals surface area (Å²) in [7, 11) is -1.98. The first-order valence-corrected chi connectivity index (χ1v) is 16.4. The third-order valence-corrected chi connectivity index (χ3v) is 9.93. The van der Waals surface area contributed by atoms with E-state index in [2.05, 4.69) is 5.32 Å². The molecule has 2 aromatic carbocycles. The second kappa shape index (κ2) is 14.5. The Kier molecular flexibility index (Phi) is 11.3. The number of hydrogen-bond donors (Lipinski definition) is 2. The van der Waals surface area contributed by atoms with Crippen LogP contribution in [0.3, 0.4) is 0 Å². The molecule has 0 spiro atoms. The molecule has 226 valence electrons. The Balaban J connectivity index is 1.53. The maximum atomic E-state index is 15.2.